The van der Waals surface area contributed by atoms with E-state index in [1.807, 2.05) is 13.8 Å². The van der Waals surface area contributed by atoms with Gasteiger partial charge in [0.15, 0.2) is 0 Å². The van der Waals surface area contributed by atoms with E-state index in [2.05, 4.69) is 36.1 Å². The summed E-state index contributed by atoms with van der Waals surface area (Å²) >= 11 is 0. The number of aryl methyl sites for hydroxylation is 1. The molecule has 0 aliphatic carbocycles. The zero-order valence-electron chi connectivity index (χ0n) is 11.9. The zero-order valence-corrected chi connectivity index (χ0v) is 11.9. The Kier molecular flexibility index (Phi) is 4.65. The van der Waals surface area contributed by atoms with Crippen molar-refractivity contribution in [2.75, 3.05) is 19.6 Å². The highest BCUT2D eigenvalue weighted by Gasteiger charge is 2.35. The number of fused-ring (bicyclic) bond motifs is 3. The molecular weight excluding hydrogens is 222 g/mol. The van der Waals surface area contributed by atoms with Gasteiger partial charge in [0, 0.05) is 6.54 Å². The summed E-state index contributed by atoms with van der Waals surface area (Å²) in [6.07, 6.45) is 3.05. The molecule has 0 N–H and O–H groups in total. The minimum Gasteiger partial charge on any atom is -0.489 e. The predicted octanol–water partition coefficient (Wildman–Crippen LogP) is 3.49. The average Bonchev–Trinajstić information content (AvgIpc) is 2.45. The zero-order chi connectivity index (χ0) is 13.0. The van der Waals surface area contributed by atoms with Crippen molar-refractivity contribution >= 4 is 0 Å². The molecule has 18 heavy (non-hydrogen) atoms. The first-order valence-electron chi connectivity index (χ1n) is 7.27. The molecule has 2 bridgehead atoms. The maximum atomic E-state index is 6.10. The van der Waals surface area contributed by atoms with E-state index in [1.54, 1.807) is 0 Å². The first kappa shape index (κ1) is 13.4. The fourth-order valence-corrected chi connectivity index (χ4v) is 2.84. The first-order valence-corrected chi connectivity index (χ1v) is 7.27. The second kappa shape index (κ2) is 6.24. The van der Waals surface area contributed by atoms with Crippen LogP contribution in [0.4, 0.5) is 0 Å². The van der Waals surface area contributed by atoms with Crippen LogP contribution < -0.4 is 4.74 Å². The average molecular weight is 247 g/mol. The lowest BCUT2D eigenvalue weighted by atomic mass is 9.86. The highest BCUT2D eigenvalue weighted by Crippen LogP contribution is 2.30. The number of hydrogen-bond donors (Lipinski definition) is 0. The van der Waals surface area contributed by atoms with Crippen molar-refractivity contribution in [3.8, 4) is 5.75 Å². The van der Waals surface area contributed by atoms with Gasteiger partial charge >= 0.3 is 0 Å². The van der Waals surface area contributed by atoms with Crippen molar-refractivity contribution in [1.82, 2.24) is 4.90 Å². The fraction of sp³-hybridized carbons (Fsp3) is 0.625. The van der Waals surface area contributed by atoms with Gasteiger partial charge in [0.2, 0.25) is 0 Å². The second-order valence-electron chi connectivity index (χ2n) is 5.11. The van der Waals surface area contributed by atoms with Crippen LogP contribution in [0.5, 0.6) is 5.75 Å². The molecule has 3 fully saturated rings. The highest BCUT2D eigenvalue weighted by molar-refractivity contribution is 5.26. The number of hydrogen-bond acceptors (Lipinski definition) is 2. The summed E-state index contributed by atoms with van der Waals surface area (Å²) in [5.74, 6) is 1.82. The van der Waals surface area contributed by atoms with E-state index in [0.717, 1.165) is 18.2 Å². The molecule has 100 valence electrons. The van der Waals surface area contributed by atoms with Crippen LogP contribution in [0.25, 0.3) is 0 Å². The van der Waals surface area contributed by atoms with Crippen LogP contribution >= 0.6 is 0 Å². The summed E-state index contributed by atoms with van der Waals surface area (Å²) in [5.41, 5.74) is 1.29. The van der Waals surface area contributed by atoms with Gasteiger partial charge < -0.3 is 4.74 Å². The van der Waals surface area contributed by atoms with Crippen molar-refractivity contribution in [2.24, 2.45) is 5.92 Å². The van der Waals surface area contributed by atoms with Gasteiger partial charge in [-0.2, -0.15) is 0 Å². The SMILES string of the molecule is CC.Cc1ccc(OC2CN3CCC2CC3)cc1. The third kappa shape index (κ3) is 3.05. The van der Waals surface area contributed by atoms with Crippen molar-refractivity contribution in [2.45, 2.75) is 39.7 Å². The molecule has 0 radical (unpaired) electrons. The van der Waals surface area contributed by atoms with Crippen LogP contribution in [0, 0.1) is 12.8 Å². The smallest absolute Gasteiger partial charge is 0.119 e. The summed E-state index contributed by atoms with van der Waals surface area (Å²) in [6.45, 7) is 9.79. The quantitative estimate of drug-likeness (QED) is 0.793. The van der Waals surface area contributed by atoms with E-state index < -0.39 is 0 Å². The van der Waals surface area contributed by atoms with Crippen LogP contribution in [0.1, 0.15) is 32.3 Å². The molecule has 0 aromatic heterocycles. The topological polar surface area (TPSA) is 12.5 Å². The predicted molar refractivity (Wildman–Crippen MR) is 76.1 cm³/mol. The second-order valence-corrected chi connectivity index (χ2v) is 5.11. The van der Waals surface area contributed by atoms with E-state index in [9.17, 15) is 0 Å². The number of nitrogens with zero attached hydrogens (tertiary/aromatic N) is 1. The van der Waals surface area contributed by atoms with Crippen LogP contribution in [0.3, 0.4) is 0 Å². The molecule has 4 rings (SSSR count). The van der Waals surface area contributed by atoms with E-state index in [0.29, 0.717) is 6.10 Å². The van der Waals surface area contributed by atoms with Crippen LogP contribution in [-0.2, 0) is 0 Å². The fourth-order valence-electron chi connectivity index (χ4n) is 2.84. The number of rotatable bonds is 2. The summed E-state index contributed by atoms with van der Waals surface area (Å²) < 4.78 is 6.10. The maximum Gasteiger partial charge on any atom is 0.119 e. The third-order valence-corrected chi connectivity index (χ3v) is 3.90. The third-order valence-electron chi connectivity index (χ3n) is 3.90. The van der Waals surface area contributed by atoms with Gasteiger partial charge in [-0.15, -0.1) is 0 Å². The molecule has 0 saturated carbocycles. The normalized spacial score (nSPS) is 29.4. The van der Waals surface area contributed by atoms with Crippen molar-refractivity contribution in [1.29, 1.82) is 0 Å². The molecular formula is C16H25NO. The van der Waals surface area contributed by atoms with Gasteiger partial charge in [-0.05, 0) is 50.9 Å². The summed E-state index contributed by atoms with van der Waals surface area (Å²) in [7, 11) is 0. The number of benzene rings is 1. The number of piperidine rings is 3. The molecule has 3 aliphatic rings. The molecule has 3 heterocycles. The molecule has 1 aromatic rings. The molecule has 1 aromatic carbocycles. The standard InChI is InChI=1S/C14H19NO.C2H6/c1-11-2-4-13(5-3-11)16-14-10-15-8-6-12(14)7-9-15;1-2/h2-5,12,14H,6-10H2,1H3;1-2H3. The van der Waals surface area contributed by atoms with Gasteiger partial charge in [0.25, 0.3) is 0 Å². The van der Waals surface area contributed by atoms with Crippen molar-refractivity contribution < 1.29 is 4.74 Å². The summed E-state index contributed by atoms with van der Waals surface area (Å²) in [5, 5.41) is 0. The van der Waals surface area contributed by atoms with E-state index in [-0.39, 0.29) is 0 Å². The maximum absolute atomic E-state index is 6.10. The van der Waals surface area contributed by atoms with Crippen LogP contribution in [0.2, 0.25) is 0 Å². The van der Waals surface area contributed by atoms with Crippen molar-refractivity contribution in [3.63, 3.8) is 0 Å². The Bertz CT molecular complexity index is 352. The highest BCUT2D eigenvalue weighted by atomic mass is 16.5. The van der Waals surface area contributed by atoms with Crippen LogP contribution in [-0.4, -0.2) is 30.6 Å². The van der Waals surface area contributed by atoms with E-state index >= 15 is 0 Å². The molecule has 3 saturated heterocycles. The van der Waals surface area contributed by atoms with E-state index in [1.165, 1.54) is 31.5 Å². The lowest BCUT2D eigenvalue weighted by Gasteiger charge is -2.44. The minimum absolute atomic E-state index is 0.421. The Balaban J connectivity index is 0.000000574. The van der Waals surface area contributed by atoms with Crippen LogP contribution in [0.15, 0.2) is 24.3 Å². The number of ether oxygens (including phenoxy) is 1. The van der Waals surface area contributed by atoms with Gasteiger partial charge in [0.1, 0.15) is 11.9 Å². The molecule has 2 nitrogen and oxygen atoms in total. The lowest BCUT2D eigenvalue weighted by Crippen LogP contribution is -2.52. The molecule has 1 unspecified atom stereocenters. The van der Waals surface area contributed by atoms with Gasteiger partial charge in [-0.1, -0.05) is 31.5 Å². The van der Waals surface area contributed by atoms with E-state index in [4.69, 9.17) is 4.74 Å². The van der Waals surface area contributed by atoms with Gasteiger partial charge in [-0.25, -0.2) is 0 Å². The Hall–Kier alpha value is -1.02. The molecule has 3 aliphatic heterocycles. The molecule has 0 spiro atoms. The lowest BCUT2D eigenvalue weighted by molar-refractivity contribution is -0.00776. The monoisotopic (exact) mass is 247 g/mol. The Labute approximate surface area is 111 Å². The Morgan fingerprint density at radius 1 is 1.06 bits per heavy atom. The molecule has 2 heteroatoms. The summed E-state index contributed by atoms with van der Waals surface area (Å²) in [6, 6.07) is 8.42. The summed E-state index contributed by atoms with van der Waals surface area (Å²) in [4.78, 5) is 2.53. The van der Waals surface area contributed by atoms with Gasteiger partial charge in [0.05, 0.1) is 0 Å². The van der Waals surface area contributed by atoms with Crippen molar-refractivity contribution in [3.05, 3.63) is 29.8 Å². The Morgan fingerprint density at radius 2 is 1.67 bits per heavy atom. The Morgan fingerprint density at radius 3 is 2.17 bits per heavy atom. The minimum atomic E-state index is 0.421. The molecule has 1 atom stereocenters. The largest absolute Gasteiger partial charge is 0.489 e. The van der Waals surface area contributed by atoms with Gasteiger partial charge in [-0.3, -0.25) is 4.90 Å². The first-order chi connectivity index (χ1) is 8.81. The molecule has 0 amide bonds.